The van der Waals surface area contributed by atoms with E-state index in [1.807, 2.05) is 0 Å². The number of ketones is 1. The first-order valence-corrected chi connectivity index (χ1v) is 12.0. The Bertz CT molecular complexity index is 1170. The number of benzene rings is 2. The van der Waals surface area contributed by atoms with Crippen LogP contribution in [0, 0.1) is 0 Å². The van der Waals surface area contributed by atoms with E-state index in [4.69, 9.17) is 18.9 Å². The number of aliphatic hydroxyl groups excluding tert-OH is 5. The van der Waals surface area contributed by atoms with Crippen molar-refractivity contribution in [2.24, 2.45) is 0 Å². The summed E-state index contributed by atoms with van der Waals surface area (Å²) >= 11 is 0. The quantitative estimate of drug-likeness (QED) is 0.134. The van der Waals surface area contributed by atoms with Gasteiger partial charge in [-0.2, -0.15) is 0 Å². The lowest BCUT2D eigenvalue weighted by atomic mass is 9.98. The molecule has 0 radical (unpaired) electrons. The van der Waals surface area contributed by atoms with Crippen LogP contribution >= 0.6 is 0 Å². The summed E-state index contributed by atoms with van der Waals surface area (Å²) < 4.78 is 22.2. The van der Waals surface area contributed by atoms with E-state index in [0.717, 1.165) is 6.07 Å². The van der Waals surface area contributed by atoms with Crippen LogP contribution in [-0.2, 0) is 14.2 Å². The third kappa shape index (κ3) is 6.22. The monoisotopic (exact) mass is 550 g/mol. The molecule has 8 N–H and O–H groups in total. The molecule has 0 aromatic heterocycles. The highest BCUT2D eigenvalue weighted by Gasteiger charge is 2.53. The molecule has 39 heavy (non-hydrogen) atoms. The number of carbonyl (C=O) groups is 1. The Labute approximate surface area is 222 Å². The summed E-state index contributed by atoms with van der Waals surface area (Å²) in [6.45, 7) is -1.91. The summed E-state index contributed by atoms with van der Waals surface area (Å²) in [5.41, 5.74) is -1.39. The van der Waals surface area contributed by atoms with E-state index >= 15 is 0 Å². The number of phenolic OH excluding ortho intramolecular Hbond substituents is 2. The van der Waals surface area contributed by atoms with Crippen LogP contribution in [0.15, 0.2) is 48.5 Å². The van der Waals surface area contributed by atoms with Crippen molar-refractivity contribution in [1.82, 2.24) is 0 Å². The van der Waals surface area contributed by atoms with Gasteiger partial charge in [-0.25, -0.2) is 0 Å². The highest BCUT2D eigenvalue weighted by molar-refractivity contribution is 6.08. The largest absolute Gasteiger partial charge is 0.508 e. The number of aliphatic hydroxyl groups is 6. The molecule has 2 saturated heterocycles. The van der Waals surface area contributed by atoms with E-state index in [2.05, 4.69) is 0 Å². The summed E-state index contributed by atoms with van der Waals surface area (Å²) in [6, 6.07) is 9.84. The molecule has 0 amide bonds. The Hall–Kier alpha value is -3.11. The van der Waals surface area contributed by atoms with E-state index < -0.39 is 74.3 Å². The fraction of sp³-hybridized carbons (Fsp3) is 0.423. The molecular formula is C26H30O13. The second-order valence-corrected chi connectivity index (χ2v) is 9.28. The van der Waals surface area contributed by atoms with Crippen molar-refractivity contribution in [3.05, 3.63) is 59.7 Å². The molecule has 2 fully saturated rings. The van der Waals surface area contributed by atoms with Crippen LogP contribution in [0.5, 0.6) is 17.2 Å². The van der Waals surface area contributed by atoms with Gasteiger partial charge >= 0.3 is 0 Å². The fourth-order valence-electron chi connectivity index (χ4n) is 4.14. The molecule has 0 saturated carbocycles. The molecule has 2 aromatic carbocycles. The normalized spacial score (nSPS) is 32.9. The summed E-state index contributed by atoms with van der Waals surface area (Å²) in [6.07, 6.45) is -7.74. The average molecular weight is 551 g/mol. The second kappa shape index (κ2) is 12.0. The number of hydrogen-bond donors (Lipinski definition) is 8. The van der Waals surface area contributed by atoms with Crippen molar-refractivity contribution < 1.29 is 64.6 Å². The maximum atomic E-state index is 12.4. The minimum Gasteiger partial charge on any atom is -0.508 e. The molecule has 8 atom stereocenters. The molecule has 2 aromatic rings. The van der Waals surface area contributed by atoms with Crippen molar-refractivity contribution in [2.45, 2.75) is 48.7 Å². The molecule has 0 aliphatic carbocycles. The van der Waals surface area contributed by atoms with Crippen LogP contribution in [0.2, 0.25) is 0 Å². The first kappa shape index (κ1) is 28.9. The highest BCUT2D eigenvalue weighted by Crippen LogP contribution is 2.32. The summed E-state index contributed by atoms with van der Waals surface area (Å²) in [5, 5.41) is 79.6. The first-order valence-electron chi connectivity index (χ1n) is 12.0. The molecule has 8 unspecified atom stereocenters. The Morgan fingerprint density at radius 1 is 1.03 bits per heavy atom. The van der Waals surface area contributed by atoms with E-state index in [9.17, 15) is 45.6 Å². The van der Waals surface area contributed by atoms with Gasteiger partial charge in [0.1, 0.15) is 47.3 Å². The Morgan fingerprint density at radius 2 is 1.74 bits per heavy atom. The van der Waals surface area contributed by atoms with E-state index in [1.54, 1.807) is 12.1 Å². The second-order valence-electron chi connectivity index (χ2n) is 9.28. The van der Waals surface area contributed by atoms with E-state index in [0.29, 0.717) is 5.56 Å². The molecule has 2 aliphatic heterocycles. The first-order chi connectivity index (χ1) is 18.6. The molecule has 212 valence electrons. The molecule has 2 heterocycles. The smallest absolute Gasteiger partial charge is 0.229 e. The van der Waals surface area contributed by atoms with Crippen molar-refractivity contribution in [3.63, 3.8) is 0 Å². The van der Waals surface area contributed by atoms with Gasteiger partial charge in [0.2, 0.25) is 6.29 Å². The Kier molecular flexibility index (Phi) is 8.86. The minimum absolute atomic E-state index is 0.0115. The predicted octanol–water partition coefficient (Wildman–Crippen LogP) is -1.36. The van der Waals surface area contributed by atoms with Crippen LogP contribution in [0.3, 0.4) is 0 Å². The van der Waals surface area contributed by atoms with Gasteiger partial charge in [0.15, 0.2) is 18.2 Å². The number of aromatic hydroxyl groups is 2. The molecule has 13 heteroatoms. The van der Waals surface area contributed by atoms with Crippen LogP contribution in [0.1, 0.15) is 15.9 Å². The number of phenols is 2. The maximum Gasteiger partial charge on any atom is 0.229 e. The minimum atomic E-state index is -1.99. The molecular weight excluding hydrogens is 520 g/mol. The van der Waals surface area contributed by atoms with Gasteiger partial charge < -0.3 is 59.8 Å². The fourth-order valence-corrected chi connectivity index (χ4v) is 4.14. The van der Waals surface area contributed by atoms with Crippen molar-refractivity contribution in [1.29, 1.82) is 0 Å². The van der Waals surface area contributed by atoms with Gasteiger partial charge in [0.05, 0.1) is 25.4 Å². The maximum absolute atomic E-state index is 12.4. The number of carbonyl (C=O) groups excluding carboxylic acids is 1. The Balaban J connectivity index is 1.46. The van der Waals surface area contributed by atoms with E-state index in [1.165, 1.54) is 36.4 Å². The zero-order chi connectivity index (χ0) is 28.3. The van der Waals surface area contributed by atoms with Crippen molar-refractivity contribution in [2.75, 3.05) is 19.8 Å². The predicted molar refractivity (Wildman–Crippen MR) is 131 cm³/mol. The van der Waals surface area contributed by atoms with Gasteiger partial charge in [-0.05, 0) is 35.9 Å². The molecule has 0 bridgehead atoms. The summed E-state index contributed by atoms with van der Waals surface area (Å²) in [4.78, 5) is 12.4. The van der Waals surface area contributed by atoms with Crippen molar-refractivity contribution >= 4 is 11.9 Å². The van der Waals surface area contributed by atoms with Gasteiger partial charge in [-0.1, -0.05) is 18.2 Å². The number of hydrogen-bond acceptors (Lipinski definition) is 13. The summed E-state index contributed by atoms with van der Waals surface area (Å²) in [5.74, 6) is -0.810. The van der Waals surface area contributed by atoms with Gasteiger partial charge in [-0.3, -0.25) is 4.79 Å². The van der Waals surface area contributed by atoms with Crippen LogP contribution in [0.4, 0.5) is 0 Å². The van der Waals surface area contributed by atoms with Crippen molar-refractivity contribution in [3.8, 4) is 17.2 Å². The molecule has 13 nitrogen and oxygen atoms in total. The number of ether oxygens (including phenoxy) is 4. The SMILES string of the molecule is O=C(C=Cc1ccc(OC2OC(CO)C(O)C(O)C2OC2OCC(O)(CO)C2O)cc1)c1ccc(O)cc1O. The molecule has 4 rings (SSSR count). The van der Waals surface area contributed by atoms with Gasteiger partial charge in [0, 0.05) is 6.07 Å². The third-order valence-corrected chi connectivity index (χ3v) is 6.50. The zero-order valence-corrected chi connectivity index (χ0v) is 20.5. The lowest BCUT2D eigenvalue weighted by molar-refractivity contribution is -0.318. The summed E-state index contributed by atoms with van der Waals surface area (Å²) in [7, 11) is 0. The van der Waals surface area contributed by atoms with Crippen LogP contribution in [0.25, 0.3) is 6.08 Å². The highest BCUT2D eigenvalue weighted by atomic mass is 16.8. The number of rotatable bonds is 9. The standard InChI is InChI=1S/C26H30O13/c27-10-19-20(32)21(33)22(39-25-23(34)26(35,11-28)12-36-25)24(38-19)37-15-5-1-13(2-6-15)3-8-17(30)16-7-4-14(29)9-18(16)31/h1-9,19-25,27-29,31-35H,10-12H2. The van der Waals surface area contributed by atoms with Crippen LogP contribution < -0.4 is 4.74 Å². The van der Waals surface area contributed by atoms with E-state index in [-0.39, 0.29) is 22.8 Å². The van der Waals surface area contributed by atoms with Gasteiger partial charge in [-0.15, -0.1) is 0 Å². The number of allylic oxidation sites excluding steroid dienone is 1. The topological polar surface area (TPSA) is 216 Å². The molecule has 0 spiro atoms. The molecule has 2 aliphatic rings. The Morgan fingerprint density at radius 3 is 2.36 bits per heavy atom. The average Bonchev–Trinajstić information content (AvgIpc) is 3.21. The zero-order valence-electron chi connectivity index (χ0n) is 20.5. The lowest BCUT2D eigenvalue weighted by Gasteiger charge is -2.42. The lowest BCUT2D eigenvalue weighted by Crippen LogP contribution is -2.62. The third-order valence-electron chi connectivity index (χ3n) is 6.50. The van der Waals surface area contributed by atoms with Crippen LogP contribution in [-0.4, -0.2) is 115 Å². The van der Waals surface area contributed by atoms with Gasteiger partial charge in [0.25, 0.3) is 0 Å².